The lowest BCUT2D eigenvalue weighted by atomic mass is 10.0. The van der Waals surface area contributed by atoms with Crippen molar-refractivity contribution in [3.8, 4) is 0 Å². The van der Waals surface area contributed by atoms with E-state index in [0.717, 1.165) is 0 Å². The van der Waals surface area contributed by atoms with Crippen LogP contribution in [0.2, 0.25) is 0 Å². The fraction of sp³-hybridized carbons (Fsp3) is 0.625. The Balaban J connectivity index is 2.53. The summed E-state index contributed by atoms with van der Waals surface area (Å²) in [5.74, 6) is 0.267. The minimum absolute atomic E-state index is 0.0520. The summed E-state index contributed by atoms with van der Waals surface area (Å²) in [5.41, 5.74) is 0. The maximum atomic E-state index is 10.8. The van der Waals surface area contributed by atoms with Gasteiger partial charge >= 0.3 is 0 Å². The van der Waals surface area contributed by atoms with E-state index in [1.807, 2.05) is 19.1 Å². The van der Waals surface area contributed by atoms with Gasteiger partial charge in [-0.3, -0.25) is 4.79 Å². The molecule has 2 nitrogen and oxygen atoms in total. The van der Waals surface area contributed by atoms with Crippen molar-refractivity contribution >= 4 is 5.78 Å². The minimum Gasteiger partial charge on any atom is -0.299 e. The van der Waals surface area contributed by atoms with Gasteiger partial charge in [0.2, 0.25) is 0 Å². The highest BCUT2D eigenvalue weighted by Crippen LogP contribution is 2.07. The minimum atomic E-state index is 0.0520. The summed E-state index contributed by atoms with van der Waals surface area (Å²) in [6.07, 6.45) is 3.94. The Kier molecular flexibility index (Phi) is 2.22. The zero-order chi connectivity index (χ0) is 7.56. The first-order chi connectivity index (χ1) is 4.70. The second kappa shape index (κ2) is 2.97. The molecule has 0 N–H and O–H groups in total. The molecule has 1 heterocycles. The lowest BCUT2D eigenvalue weighted by Crippen LogP contribution is -2.30. The number of hydrogen-bond donors (Lipinski definition) is 0. The molecule has 2 heteroatoms. The number of carbonyl (C=O) groups is 1. The van der Waals surface area contributed by atoms with Gasteiger partial charge in [0.05, 0.1) is 0 Å². The van der Waals surface area contributed by atoms with Crippen molar-refractivity contribution < 1.29 is 4.79 Å². The van der Waals surface area contributed by atoms with Crippen molar-refractivity contribution in [3.05, 3.63) is 12.2 Å². The largest absolute Gasteiger partial charge is 0.299 e. The summed E-state index contributed by atoms with van der Waals surface area (Å²) < 4.78 is 0. The van der Waals surface area contributed by atoms with Crippen LogP contribution in [0.3, 0.4) is 0 Å². The van der Waals surface area contributed by atoms with E-state index in [1.54, 1.807) is 6.92 Å². The fourth-order valence-electron chi connectivity index (χ4n) is 0.961. The summed E-state index contributed by atoms with van der Waals surface area (Å²) in [4.78, 5) is 10.8. The number of rotatable bonds is 1. The van der Waals surface area contributed by atoms with Crippen LogP contribution in [0, 0.1) is 5.92 Å². The van der Waals surface area contributed by atoms with Gasteiger partial charge in [-0.05, 0) is 13.8 Å². The molecule has 1 rings (SSSR count). The van der Waals surface area contributed by atoms with Crippen molar-refractivity contribution in [1.82, 2.24) is 5.32 Å². The molecule has 2 unspecified atom stereocenters. The van der Waals surface area contributed by atoms with E-state index in [9.17, 15) is 4.79 Å². The van der Waals surface area contributed by atoms with Gasteiger partial charge in [0.1, 0.15) is 5.78 Å². The first-order valence-corrected chi connectivity index (χ1v) is 3.55. The second-order valence-corrected chi connectivity index (χ2v) is 2.71. The molecular weight excluding hydrogens is 126 g/mol. The van der Waals surface area contributed by atoms with Crippen LogP contribution in [-0.4, -0.2) is 18.4 Å². The molecule has 0 amide bonds. The van der Waals surface area contributed by atoms with Gasteiger partial charge in [0.15, 0.2) is 0 Å². The molecule has 0 aromatic heterocycles. The average Bonchev–Trinajstić information content (AvgIpc) is 1.88. The zero-order valence-electron chi connectivity index (χ0n) is 6.37. The highest BCUT2D eigenvalue weighted by molar-refractivity contribution is 5.80. The molecule has 1 aliphatic heterocycles. The van der Waals surface area contributed by atoms with Crippen molar-refractivity contribution in [2.24, 2.45) is 5.92 Å². The first-order valence-electron chi connectivity index (χ1n) is 3.55. The first kappa shape index (κ1) is 7.48. The lowest BCUT2D eigenvalue weighted by molar-refractivity contribution is -0.119. The lowest BCUT2D eigenvalue weighted by Gasteiger charge is -2.17. The number of carbonyl (C=O) groups excluding carboxylic acids is 1. The molecular formula is C8H12NO. The average molecular weight is 138 g/mol. The van der Waals surface area contributed by atoms with Gasteiger partial charge in [-0.25, -0.2) is 5.32 Å². The summed E-state index contributed by atoms with van der Waals surface area (Å²) >= 11 is 0. The molecule has 2 atom stereocenters. The third-order valence-corrected chi connectivity index (χ3v) is 1.73. The summed E-state index contributed by atoms with van der Waals surface area (Å²) in [6.45, 7) is 4.31. The van der Waals surface area contributed by atoms with Gasteiger partial charge < -0.3 is 0 Å². The third kappa shape index (κ3) is 1.67. The third-order valence-electron chi connectivity index (χ3n) is 1.73. The monoisotopic (exact) mass is 138 g/mol. The summed E-state index contributed by atoms with van der Waals surface area (Å²) in [7, 11) is 0. The quantitative estimate of drug-likeness (QED) is 0.492. The highest BCUT2D eigenvalue weighted by atomic mass is 16.1. The smallest absolute Gasteiger partial charge is 0.137 e. The number of Topliss-reactive ketones (excluding diaryl/α,β-unsaturated/α-hetero) is 1. The Labute approximate surface area is 61.3 Å². The van der Waals surface area contributed by atoms with Crippen LogP contribution in [-0.2, 0) is 4.79 Å². The van der Waals surface area contributed by atoms with Gasteiger partial charge in [-0.2, -0.15) is 0 Å². The van der Waals surface area contributed by atoms with E-state index >= 15 is 0 Å². The normalized spacial score (nSPS) is 32.2. The van der Waals surface area contributed by atoms with Crippen molar-refractivity contribution in [1.29, 1.82) is 0 Å². The molecule has 0 fully saturated rings. The molecule has 0 aromatic carbocycles. The second-order valence-electron chi connectivity index (χ2n) is 2.71. The summed E-state index contributed by atoms with van der Waals surface area (Å²) in [6, 6.07) is 0.301. The van der Waals surface area contributed by atoms with E-state index in [1.165, 1.54) is 0 Å². The van der Waals surface area contributed by atoms with Crippen LogP contribution in [0.4, 0.5) is 0 Å². The molecule has 0 bridgehead atoms. The predicted molar refractivity (Wildman–Crippen MR) is 39.8 cm³/mol. The standard InChI is InChI=1S/C8H12NO/c1-6-3-4-8(5-9-6)7(2)10/h3-4,6,8H,5H2,1-2H3. The Morgan fingerprint density at radius 1 is 1.60 bits per heavy atom. The molecule has 0 aromatic rings. The number of hydrogen-bond acceptors (Lipinski definition) is 1. The molecule has 10 heavy (non-hydrogen) atoms. The fourth-order valence-corrected chi connectivity index (χ4v) is 0.961. The van der Waals surface area contributed by atoms with Crippen LogP contribution in [0.1, 0.15) is 13.8 Å². The van der Waals surface area contributed by atoms with Crippen LogP contribution in [0.15, 0.2) is 12.2 Å². The number of nitrogens with zero attached hydrogens (tertiary/aromatic N) is 1. The Bertz CT molecular complexity index is 163. The molecule has 0 saturated carbocycles. The molecule has 0 spiro atoms. The number of ketones is 1. The Morgan fingerprint density at radius 3 is 2.70 bits per heavy atom. The zero-order valence-corrected chi connectivity index (χ0v) is 6.37. The highest BCUT2D eigenvalue weighted by Gasteiger charge is 2.15. The molecule has 1 radical (unpaired) electrons. The van der Waals surface area contributed by atoms with E-state index in [-0.39, 0.29) is 11.7 Å². The molecule has 55 valence electrons. The van der Waals surface area contributed by atoms with Crippen LogP contribution in [0.5, 0.6) is 0 Å². The molecule has 0 aliphatic carbocycles. The summed E-state index contributed by atoms with van der Waals surface area (Å²) in [5, 5.41) is 4.22. The van der Waals surface area contributed by atoms with Gasteiger partial charge in [0.25, 0.3) is 0 Å². The van der Waals surface area contributed by atoms with Gasteiger partial charge in [0, 0.05) is 18.5 Å². The van der Waals surface area contributed by atoms with Gasteiger partial charge in [-0.1, -0.05) is 12.2 Å². The maximum Gasteiger partial charge on any atom is 0.137 e. The van der Waals surface area contributed by atoms with E-state index in [2.05, 4.69) is 5.32 Å². The SMILES string of the molecule is CC(=O)C1C=CC(C)[N]C1. The predicted octanol–water partition coefficient (Wildman–Crippen LogP) is 0.754. The van der Waals surface area contributed by atoms with Crippen LogP contribution in [0.25, 0.3) is 0 Å². The topological polar surface area (TPSA) is 31.2 Å². The van der Waals surface area contributed by atoms with Crippen LogP contribution >= 0.6 is 0 Å². The van der Waals surface area contributed by atoms with E-state index in [4.69, 9.17) is 0 Å². The molecule has 0 saturated heterocycles. The van der Waals surface area contributed by atoms with E-state index in [0.29, 0.717) is 12.6 Å². The van der Waals surface area contributed by atoms with Gasteiger partial charge in [-0.15, -0.1) is 0 Å². The van der Waals surface area contributed by atoms with E-state index < -0.39 is 0 Å². The molecule has 1 aliphatic rings. The van der Waals surface area contributed by atoms with Crippen molar-refractivity contribution in [2.45, 2.75) is 19.9 Å². The Morgan fingerprint density at radius 2 is 2.30 bits per heavy atom. The van der Waals surface area contributed by atoms with Crippen LogP contribution < -0.4 is 5.32 Å². The maximum absolute atomic E-state index is 10.8. The Hall–Kier alpha value is -0.630. The van der Waals surface area contributed by atoms with Crippen molar-refractivity contribution in [3.63, 3.8) is 0 Å². The van der Waals surface area contributed by atoms with Crippen molar-refractivity contribution in [2.75, 3.05) is 6.54 Å².